The Hall–Kier alpha value is -1.84. The van der Waals surface area contributed by atoms with E-state index in [4.69, 9.17) is 9.84 Å². The fourth-order valence-electron chi connectivity index (χ4n) is 1.49. The normalized spacial score (nSPS) is 10.1. The predicted octanol–water partition coefficient (Wildman–Crippen LogP) is 2.74. The monoisotopic (exact) mass is 235 g/mol. The molecule has 0 fully saturated rings. The van der Waals surface area contributed by atoms with E-state index >= 15 is 0 Å². The number of hydrogen-bond donors (Lipinski definition) is 1. The Balaban J connectivity index is 2.96. The molecular weight excluding hydrogens is 218 g/mol. The number of aromatic carboxylic acids is 1. The minimum atomic E-state index is -1.01. The molecule has 1 N–H and O–H groups in total. The summed E-state index contributed by atoms with van der Waals surface area (Å²) in [6.07, 6.45) is 0.688. The van der Waals surface area contributed by atoms with Gasteiger partial charge in [-0.3, -0.25) is 0 Å². The van der Waals surface area contributed by atoms with Crippen molar-refractivity contribution in [3.05, 3.63) is 35.0 Å². The molecule has 1 heterocycles. The Morgan fingerprint density at radius 2 is 2.18 bits per heavy atom. The quantitative estimate of drug-likeness (QED) is 0.797. The Morgan fingerprint density at radius 1 is 1.53 bits per heavy atom. The predicted molar refractivity (Wildman–Crippen MR) is 65.6 cm³/mol. The molecule has 0 aromatic carbocycles. The van der Waals surface area contributed by atoms with Crippen LogP contribution in [0.1, 0.15) is 35.0 Å². The average molecular weight is 235 g/mol. The van der Waals surface area contributed by atoms with E-state index in [9.17, 15) is 4.79 Å². The number of carbonyl (C=O) groups is 1. The first-order valence-corrected chi connectivity index (χ1v) is 5.40. The molecule has 0 atom stereocenters. The van der Waals surface area contributed by atoms with E-state index in [1.54, 1.807) is 13.0 Å². The minimum absolute atomic E-state index is 0.136. The van der Waals surface area contributed by atoms with E-state index in [0.29, 0.717) is 18.6 Å². The lowest BCUT2D eigenvalue weighted by Crippen LogP contribution is -2.09. The number of pyridine rings is 1. The highest BCUT2D eigenvalue weighted by atomic mass is 16.5. The summed E-state index contributed by atoms with van der Waals surface area (Å²) in [4.78, 5) is 15.2. The van der Waals surface area contributed by atoms with Gasteiger partial charge in [-0.2, -0.15) is 0 Å². The van der Waals surface area contributed by atoms with Crippen LogP contribution in [0.5, 0.6) is 5.88 Å². The summed E-state index contributed by atoms with van der Waals surface area (Å²) in [5.41, 5.74) is 2.54. The van der Waals surface area contributed by atoms with Crippen LogP contribution in [0, 0.1) is 13.8 Å². The van der Waals surface area contributed by atoms with Gasteiger partial charge in [0.2, 0.25) is 5.88 Å². The van der Waals surface area contributed by atoms with Crippen molar-refractivity contribution < 1.29 is 14.6 Å². The zero-order valence-electron chi connectivity index (χ0n) is 10.4. The van der Waals surface area contributed by atoms with Gasteiger partial charge in [-0.25, -0.2) is 9.78 Å². The van der Waals surface area contributed by atoms with Crippen LogP contribution in [0.4, 0.5) is 0 Å². The van der Waals surface area contributed by atoms with Crippen molar-refractivity contribution in [3.8, 4) is 5.88 Å². The third kappa shape index (κ3) is 3.59. The van der Waals surface area contributed by atoms with Crippen molar-refractivity contribution in [2.75, 3.05) is 6.61 Å². The van der Waals surface area contributed by atoms with Crippen molar-refractivity contribution in [2.24, 2.45) is 0 Å². The van der Waals surface area contributed by atoms with Crippen molar-refractivity contribution in [1.29, 1.82) is 0 Å². The maximum absolute atomic E-state index is 11.1. The molecule has 1 aromatic rings. The largest absolute Gasteiger partial charge is 0.477 e. The highest BCUT2D eigenvalue weighted by molar-refractivity contribution is 5.91. The van der Waals surface area contributed by atoms with E-state index < -0.39 is 5.97 Å². The zero-order valence-corrected chi connectivity index (χ0v) is 10.4. The smallest absolute Gasteiger partial charge is 0.341 e. The maximum atomic E-state index is 11.1. The number of carboxylic acids is 1. The number of aromatic nitrogens is 1. The first-order chi connectivity index (χ1) is 7.91. The van der Waals surface area contributed by atoms with Crippen LogP contribution in [-0.2, 0) is 0 Å². The van der Waals surface area contributed by atoms with E-state index in [1.165, 1.54) is 0 Å². The first-order valence-electron chi connectivity index (χ1n) is 5.40. The molecule has 0 amide bonds. The van der Waals surface area contributed by atoms with Gasteiger partial charge in [-0.1, -0.05) is 5.57 Å². The van der Waals surface area contributed by atoms with Crippen LogP contribution in [0.15, 0.2) is 18.2 Å². The Morgan fingerprint density at radius 3 is 2.71 bits per heavy atom. The third-order valence-electron chi connectivity index (χ3n) is 2.29. The summed E-state index contributed by atoms with van der Waals surface area (Å²) in [5, 5.41) is 9.11. The molecule has 0 aliphatic carbocycles. The summed E-state index contributed by atoms with van der Waals surface area (Å²) in [6.45, 7) is 9.61. The van der Waals surface area contributed by atoms with E-state index in [0.717, 1.165) is 11.3 Å². The molecular formula is C13H17NO3. The van der Waals surface area contributed by atoms with Crippen LogP contribution in [0.25, 0.3) is 0 Å². The van der Waals surface area contributed by atoms with E-state index in [1.807, 2.05) is 13.8 Å². The van der Waals surface area contributed by atoms with Crippen LogP contribution < -0.4 is 4.74 Å². The summed E-state index contributed by atoms with van der Waals surface area (Å²) >= 11 is 0. The summed E-state index contributed by atoms with van der Waals surface area (Å²) < 4.78 is 5.42. The number of nitrogens with zero attached hydrogens (tertiary/aromatic N) is 1. The highest BCUT2D eigenvalue weighted by Gasteiger charge is 2.16. The molecule has 1 rings (SSSR count). The molecule has 0 spiro atoms. The van der Waals surface area contributed by atoms with Gasteiger partial charge in [-0.15, -0.1) is 6.58 Å². The second kappa shape index (κ2) is 5.48. The minimum Gasteiger partial charge on any atom is -0.477 e. The second-order valence-electron chi connectivity index (χ2n) is 4.12. The average Bonchev–Trinajstić information content (AvgIpc) is 2.14. The van der Waals surface area contributed by atoms with Crippen molar-refractivity contribution >= 4 is 5.97 Å². The molecule has 4 heteroatoms. The zero-order chi connectivity index (χ0) is 13.0. The second-order valence-corrected chi connectivity index (χ2v) is 4.12. The van der Waals surface area contributed by atoms with Gasteiger partial charge in [0.25, 0.3) is 0 Å². The molecule has 0 aliphatic rings. The Bertz CT molecular complexity index is 452. The fourth-order valence-corrected chi connectivity index (χ4v) is 1.49. The lowest BCUT2D eigenvalue weighted by Gasteiger charge is -2.11. The summed E-state index contributed by atoms with van der Waals surface area (Å²) in [6, 6.07) is 1.73. The lowest BCUT2D eigenvalue weighted by molar-refractivity contribution is 0.0690. The molecule has 1 aromatic heterocycles. The summed E-state index contributed by atoms with van der Waals surface area (Å²) in [5.74, 6) is -0.823. The number of rotatable bonds is 5. The van der Waals surface area contributed by atoms with Crippen LogP contribution in [0.2, 0.25) is 0 Å². The molecule has 0 unspecified atom stereocenters. The molecule has 0 bridgehead atoms. The van der Waals surface area contributed by atoms with Gasteiger partial charge >= 0.3 is 5.97 Å². The van der Waals surface area contributed by atoms with Gasteiger partial charge in [-0.05, 0) is 32.4 Å². The SMILES string of the molecule is C=C(C)CCOc1nc(C)cc(C)c1C(=O)O. The molecule has 0 saturated carbocycles. The van der Waals surface area contributed by atoms with Crippen molar-refractivity contribution in [2.45, 2.75) is 27.2 Å². The number of ether oxygens (including phenoxy) is 1. The highest BCUT2D eigenvalue weighted by Crippen LogP contribution is 2.21. The molecule has 0 radical (unpaired) electrons. The van der Waals surface area contributed by atoms with Gasteiger partial charge in [0.05, 0.1) is 6.61 Å². The molecule has 4 nitrogen and oxygen atoms in total. The standard InChI is InChI=1S/C13H17NO3/c1-8(2)5-6-17-12-11(13(15)16)9(3)7-10(4)14-12/h7H,1,5-6H2,2-4H3,(H,15,16). The third-order valence-corrected chi connectivity index (χ3v) is 2.29. The first kappa shape index (κ1) is 13.2. The topological polar surface area (TPSA) is 59.4 Å². The number of carboxylic acid groups (broad SMARTS) is 1. The number of aryl methyl sites for hydroxylation is 2. The van der Waals surface area contributed by atoms with Crippen LogP contribution >= 0.6 is 0 Å². The van der Waals surface area contributed by atoms with E-state index in [-0.39, 0.29) is 11.4 Å². The Kier molecular flexibility index (Phi) is 4.26. The van der Waals surface area contributed by atoms with Gasteiger partial charge in [0.15, 0.2) is 0 Å². The molecule has 92 valence electrons. The number of hydrogen-bond acceptors (Lipinski definition) is 3. The van der Waals surface area contributed by atoms with Gasteiger partial charge in [0, 0.05) is 12.1 Å². The van der Waals surface area contributed by atoms with Crippen LogP contribution in [0.3, 0.4) is 0 Å². The van der Waals surface area contributed by atoms with Gasteiger partial charge < -0.3 is 9.84 Å². The van der Waals surface area contributed by atoms with Crippen molar-refractivity contribution in [1.82, 2.24) is 4.98 Å². The fraction of sp³-hybridized carbons (Fsp3) is 0.385. The molecule has 0 aliphatic heterocycles. The molecule has 0 saturated heterocycles. The van der Waals surface area contributed by atoms with E-state index in [2.05, 4.69) is 11.6 Å². The van der Waals surface area contributed by atoms with Gasteiger partial charge in [0.1, 0.15) is 5.56 Å². The molecule has 17 heavy (non-hydrogen) atoms. The maximum Gasteiger partial charge on any atom is 0.341 e. The van der Waals surface area contributed by atoms with Crippen molar-refractivity contribution in [3.63, 3.8) is 0 Å². The lowest BCUT2D eigenvalue weighted by atomic mass is 10.1. The Labute approximate surface area is 101 Å². The van der Waals surface area contributed by atoms with Crippen LogP contribution in [-0.4, -0.2) is 22.7 Å². The summed E-state index contributed by atoms with van der Waals surface area (Å²) in [7, 11) is 0.